The fourth-order valence-electron chi connectivity index (χ4n) is 2.10. The Hall–Kier alpha value is -2.56. The van der Waals surface area contributed by atoms with Gasteiger partial charge in [-0.05, 0) is 37.3 Å². The predicted molar refractivity (Wildman–Crippen MR) is 79.7 cm³/mol. The molecule has 110 valence electrons. The third-order valence-electron chi connectivity index (χ3n) is 3.21. The van der Waals surface area contributed by atoms with Gasteiger partial charge in [-0.15, -0.1) is 0 Å². The van der Waals surface area contributed by atoms with E-state index in [9.17, 15) is 9.18 Å². The van der Waals surface area contributed by atoms with Gasteiger partial charge >= 0.3 is 0 Å². The van der Waals surface area contributed by atoms with E-state index < -0.39 is 6.04 Å². The highest BCUT2D eigenvalue weighted by atomic mass is 19.1. The smallest absolute Gasteiger partial charge is 0.253 e. The van der Waals surface area contributed by atoms with Crippen molar-refractivity contribution in [2.24, 2.45) is 0 Å². The fourth-order valence-corrected chi connectivity index (χ4v) is 2.10. The molecule has 2 aromatic carbocycles. The highest BCUT2D eigenvalue weighted by Gasteiger charge is 2.17. The van der Waals surface area contributed by atoms with Gasteiger partial charge in [0.25, 0.3) is 5.91 Å². The first-order chi connectivity index (χ1) is 10.0. The lowest BCUT2D eigenvalue weighted by Crippen LogP contribution is -2.27. The highest BCUT2D eigenvalue weighted by Crippen LogP contribution is 2.26. The molecule has 1 unspecified atom stereocenters. The van der Waals surface area contributed by atoms with Gasteiger partial charge in [-0.25, -0.2) is 4.39 Å². The maximum Gasteiger partial charge on any atom is 0.253 e. The molecule has 0 fully saturated rings. The average molecular weight is 288 g/mol. The third kappa shape index (κ3) is 3.31. The second kappa shape index (κ2) is 6.26. The van der Waals surface area contributed by atoms with Crippen molar-refractivity contribution in [3.8, 4) is 5.75 Å². The summed E-state index contributed by atoms with van der Waals surface area (Å²) in [6.07, 6.45) is 0. The van der Waals surface area contributed by atoms with Gasteiger partial charge in [0.15, 0.2) is 0 Å². The number of hydrogen-bond acceptors (Lipinski definition) is 3. The first-order valence-electron chi connectivity index (χ1n) is 6.51. The average Bonchev–Trinajstić information content (AvgIpc) is 2.47. The molecule has 0 aliphatic rings. The standard InChI is InChI=1S/C16H17FN2O2/c1-10(13-9-11(17)7-8-15(13)21-2)19-16(20)12-5-3-4-6-14(12)18/h3-10H,18H2,1-2H3,(H,19,20). The van der Waals surface area contributed by atoms with Gasteiger partial charge in [-0.3, -0.25) is 4.79 Å². The number of carbonyl (C=O) groups is 1. The third-order valence-corrected chi connectivity index (χ3v) is 3.21. The molecule has 1 amide bonds. The van der Waals surface area contributed by atoms with Gasteiger partial charge in [0.2, 0.25) is 0 Å². The van der Waals surface area contributed by atoms with Gasteiger partial charge in [0, 0.05) is 11.3 Å². The van der Waals surface area contributed by atoms with E-state index in [4.69, 9.17) is 10.5 Å². The monoisotopic (exact) mass is 288 g/mol. The number of benzene rings is 2. The van der Waals surface area contributed by atoms with Crippen molar-refractivity contribution in [2.45, 2.75) is 13.0 Å². The van der Waals surface area contributed by atoms with Crippen LogP contribution >= 0.6 is 0 Å². The lowest BCUT2D eigenvalue weighted by atomic mass is 10.1. The van der Waals surface area contributed by atoms with Crippen LogP contribution in [0, 0.1) is 5.82 Å². The summed E-state index contributed by atoms with van der Waals surface area (Å²) in [6, 6.07) is 10.6. The number of ether oxygens (including phenoxy) is 1. The summed E-state index contributed by atoms with van der Waals surface area (Å²) < 4.78 is 18.6. The highest BCUT2D eigenvalue weighted by molar-refractivity contribution is 5.99. The van der Waals surface area contributed by atoms with Crippen LogP contribution < -0.4 is 15.8 Å². The van der Waals surface area contributed by atoms with E-state index in [1.165, 1.54) is 25.3 Å². The maximum atomic E-state index is 13.4. The number of rotatable bonds is 4. The molecule has 5 heteroatoms. The molecule has 2 aromatic rings. The zero-order valence-electron chi connectivity index (χ0n) is 11.9. The molecule has 0 saturated heterocycles. The Balaban J connectivity index is 2.22. The Morgan fingerprint density at radius 2 is 2.00 bits per heavy atom. The Morgan fingerprint density at radius 3 is 2.67 bits per heavy atom. The molecule has 0 aliphatic heterocycles. The normalized spacial score (nSPS) is 11.8. The number of anilines is 1. The van der Waals surface area contributed by atoms with Crippen LogP contribution in [-0.2, 0) is 0 Å². The number of nitrogens with one attached hydrogen (secondary N) is 1. The summed E-state index contributed by atoms with van der Waals surface area (Å²) in [5.41, 5.74) is 7.13. The maximum absolute atomic E-state index is 13.4. The molecule has 0 radical (unpaired) electrons. The van der Waals surface area contributed by atoms with Crippen molar-refractivity contribution in [3.05, 3.63) is 59.4 Å². The summed E-state index contributed by atoms with van der Waals surface area (Å²) >= 11 is 0. The van der Waals surface area contributed by atoms with Crippen LogP contribution in [0.2, 0.25) is 0 Å². The Labute approximate surface area is 122 Å². The molecule has 4 nitrogen and oxygen atoms in total. The van der Waals surface area contributed by atoms with Crippen molar-refractivity contribution in [2.75, 3.05) is 12.8 Å². The van der Waals surface area contributed by atoms with Gasteiger partial charge in [-0.1, -0.05) is 12.1 Å². The zero-order chi connectivity index (χ0) is 15.4. The van der Waals surface area contributed by atoms with E-state index in [1.54, 1.807) is 31.2 Å². The number of halogens is 1. The predicted octanol–water partition coefficient (Wildman–Crippen LogP) is 2.91. The summed E-state index contributed by atoms with van der Waals surface area (Å²) in [5.74, 6) is -0.178. The topological polar surface area (TPSA) is 64.3 Å². The molecule has 0 saturated carbocycles. The van der Waals surface area contributed by atoms with Crippen molar-refractivity contribution in [1.82, 2.24) is 5.32 Å². The second-order valence-electron chi connectivity index (χ2n) is 4.67. The van der Waals surface area contributed by atoms with E-state index in [2.05, 4.69) is 5.32 Å². The molecule has 0 aliphatic carbocycles. The Morgan fingerprint density at radius 1 is 1.29 bits per heavy atom. The van der Waals surface area contributed by atoms with Crippen LogP contribution in [0.5, 0.6) is 5.75 Å². The quantitative estimate of drug-likeness (QED) is 0.850. The molecule has 0 aromatic heterocycles. The molecule has 0 bridgehead atoms. The number of carbonyl (C=O) groups excluding carboxylic acids is 1. The molecule has 1 atom stereocenters. The summed E-state index contributed by atoms with van der Waals surface area (Å²) in [5, 5.41) is 2.79. The Bertz CT molecular complexity index is 658. The first-order valence-corrected chi connectivity index (χ1v) is 6.51. The lowest BCUT2D eigenvalue weighted by Gasteiger charge is -2.18. The SMILES string of the molecule is COc1ccc(F)cc1C(C)NC(=O)c1ccccc1N. The summed E-state index contributed by atoms with van der Waals surface area (Å²) in [4.78, 5) is 12.2. The van der Waals surface area contributed by atoms with Crippen LogP contribution in [0.1, 0.15) is 28.9 Å². The van der Waals surface area contributed by atoms with Crippen LogP contribution in [-0.4, -0.2) is 13.0 Å². The summed E-state index contributed by atoms with van der Waals surface area (Å²) in [7, 11) is 1.50. The van der Waals surface area contributed by atoms with Crippen LogP contribution in [0.3, 0.4) is 0 Å². The second-order valence-corrected chi connectivity index (χ2v) is 4.67. The van der Waals surface area contributed by atoms with Crippen LogP contribution in [0.4, 0.5) is 10.1 Å². The van der Waals surface area contributed by atoms with Gasteiger partial charge in [-0.2, -0.15) is 0 Å². The largest absolute Gasteiger partial charge is 0.496 e. The van der Waals surface area contributed by atoms with E-state index in [0.29, 0.717) is 22.6 Å². The number of nitrogen functional groups attached to an aromatic ring is 1. The van der Waals surface area contributed by atoms with Gasteiger partial charge in [0.1, 0.15) is 11.6 Å². The minimum atomic E-state index is -0.414. The molecular weight excluding hydrogens is 271 g/mol. The van der Waals surface area contributed by atoms with Crippen molar-refractivity contribution in [3.63, 3.8) is 0 Å². The molecule has 0 spiro atoms. The number of hydrogen-bond donors (Lipinski definition) is 2. The van der Waals surface area contributed by atoms with Gasteiger partial charge < -0.3 is 15.8 Å². The minimum Gasteiger partial charge on any atom is -0.496 e. The van der Waals surface area contributed by atoms with E-state index in [0.717, 1.165) is 0 Å². The minimum absolute atomic E-state index is 0.313. The molecule has 21 heavy (non-hydrogen) atoms. The van der Waals surface area contributed by atoms with E-state index in [1.807, 2.05) is 0 Å². The number of para-hydroxylation sites is 1. The van der Waals surface area contributed by atoms with Crippen molar-refractivity contribution < 1.29 is 13.9 Å². The van der Waals surface area contributed by atoms with E-state index >= 15 is 0 Å². The van der Waals surface area contributed by atoms with Crippen LogP contribution in [0.25, 0.3) is 0 Å². The molecule has 2 rings (SSSR count). The first kappa shape index (κ1) is 14.8. The van der Waals surface area contributed by atoms with Gasteiger partial charge in [0.05, 0.1) is 18.7 Å². The van der Waals surface area contributed by atoms with Crippen LogP contribution in [0.15, 0.2) is 42.5 Å². The number of nitrogens with two attached hydrogens (primary N) is 1. The van der Waals surface area contributed by atoms with Crippen molar-refractivity contribution >= 4 is 11.6 Å². The number of methoxy groups -OCH3 is 1. The number of amides is 1. The summed E-state index contributed by atoms with van der Waals surface area (Å²) in [6.45, 7) is 1.76. The molecular formula is C16H17FN2O2. The zero-order valence-corrected chi connectivity index (χ0v) is 11.9. The molecule has 0 heterocycles. The fraction of sp³-hybridized carbons (Fsp3) is 0.188. The lowest BCUT2D eigenvalue weighted by molar-refractivity contribution is 0.0940. The van der Waals surface area contributed by atoms with Crippen molar-refractivity contribution in [1.29, 1.82) is 0 Å². The van der Waals surface area contributed by atoms with E-state index in [-0.39, 0.29) is 11.7 Å². The molecule has 3 N–H and O–H groups in total. The Kier molecular flexibility index (Phi) is 4.42.